The van der Waals surface area contributed by atoms with E-state index in [0.717, 1.165) is 23.9 Å². The number of carbonyl (C=O) groups excluding carboxylic acids is 1. The van der Waals surface area contributed by atoms with E-state index in [-0.39, 0.29) is 21.9 Å². The second kappa shape index (κ2) is 7.76. The number of H-pyrrole nitrogens is 1. The van der Waals surface area contributed by atoms with E-state index in [9.17, 15) is 18.4 Å². The third-order valence-corrected chi connectivity index (χ3v) is 5.16. The molecule has 4 aromatic rings. The Labute approximate surface area is 171 Å². The smallest absolute Gasteiger partial charge is 0.262 e. The minimum atomic E-state index is -1.10. The molecule has 29 heavy (non-hydrogen) atoms. The molecule has 0 atom stereocenters. The summed E-state index contributed by atoms with van der Waals surface area (Å²) in [5.41, 5.74) is 0.549. The van der Waals surface area contributed by atoms with Gasteiger partial charge in [0.25, 0.3) is 5.56 Å². The summed E-state index contributed by atoms with van der Waals surface area (Å²) in [4.78, 5) is 31.5. The zero-order valence-corrected chi connectivity index (χ0v) is 16.1. The first-order valence-corrected chi connectivity index (χ1v) is 9.64. The summed E-state index contributed by atoms with van der Waals surface area (Å²) in [6.07, 6.45) is 1.39. The largest absolute Gasteiger partial charge is 0.301 e. The molecule has 0 aliphatic rings. The van der Waals surface area contributed by atoms with Crippen LogP contribution >= 0.6 is 23.4 Å². The molecule has 146 valence electrons. The number of aromatic nitrogens is 4. The minimum Gasteiger partial charge on any atom is -0.301 e. The summed E-state index contributed by atoms with van der Waals surface area (Å²) in [6, 6.07) is 9.83. The van der Waals surface area contributed by atoms with Gasteiger partial charge in [-0.25, -0.2) is 18.4 Å². The van der Waals surface area contributed by atoms with Gasteiger partial charge in [0.15, 0.2) is 28.2 Å². The van der Waals surface area contributed by atoms with Crippen LogP contribution in [0.1, 0.15) is 10.4 Å². The third kappa shape index (κ3) is 3.92. The molecule has 0 saturated carbocycles. The van der Waals surface area contributed by atoms with Crippen molar-refractivity contribution in [2.24, 2.45) is 0 Å². The third-order valence-electron chi connectivity index (χ3n) is 4.05. The first-order chi connectivity index (χ1) is 13.9. The van der Waals surface area contributed by atoms with Gasteiger partial charge in [0.2, 0.25) is 0 Å². The maximum absolute atomic E-state index is 13.3. The van der Waals surface area contributed by atoms with Crippen LogP contribution in [0, 0.1) is 11.6 Å². The van der Waals surface area contributed by atoms with E-state index in [0.29, 0.717) is 16.4 Å². The van der Waals surface area contributed by atoms with Crippen LogP contribution in [0.15, 0.2) is 58.6 Å². The number of ketones is 1. The highest BCUT2D eigenvalue weighted by Crippen LogP contribution is 2.21. The van der Waals surface area contributed by atoms with Crippen LogP contribution in [-0.4, -0.2) is 31.3 Å². The number of fused-ring (bicyclic) bond motifs is 1. The van der Waals surface area contributed by atoms with Gasteiger partial charge in [-0.15, -0.1) is 0 Å². The fourth-order valence-corrected chi connectivity index (χ4v) is 3.59. The predicted octanol–water partition coefficient (Wildman–Crippen LogP) is 4.02. The van der Waals surface area contributed by atoms with Gasteiger partial charge >= 0.3 is 0 Å². The quantitative estimate of drug-likeness (QED) is 0.293. The van der Waals surface area contributed by atoms with E-state index in [2.05, 4.69) is 15.1 Å². The van der Waals surface area contributed by atoms with Crippen molar-refractivity contribution in [2.45, 2.75) is 5.16 Å². The molecule has 0 radical (unpaired) electrons. The molecule has 0 aliphatic heterocycles. The Morgan fingerprint density at radius 3 is 2.76 bits per heavy atom. The lowest BCUT2D eigenvalue weighted by Gasteiger charge is -2.05. The molecule has 0 spiro atoms. The number of aromatic amines is 1. The van der Waals surface area contributed by atoms with Crippen molar-refractivity contribution >= 4 is 40.2 Å². The Hall–Kier alpha value is -3.04. The molecule has 2 heterocycles. The Balaban J connectivity index is 1.63. The highest BCUT2D eigenvalue weighted by atomic mass is 35.5. The van der Waals surface area contributed by atoms with Gasteiger partial charge in [-0.3, -0.25) is 9.59 Å². The summed E-state index contributed by atoms with van der Waals surface area (Å²) < 4.78 is 27.8. The van der Waals surface area contributed by atoms with Gasteiger partial charge in [0.1, 0.15) is 5.39 Å². The summed E-state index contributed by atoms with van der Waals surface area (Å²) in [5.74, 6) is -2.68. The first-order valence-electron chi connectivity index (χ1n) is 8.27. The van der Waals surface area contributed by atoms with Gasteiger partial charge < -0.3 is 4.98 Å². The molecule has 4 rings (SSSR count). The first kappa shape index (κ1) is 19.3. The molecular formula is C19H11ClF2N4O2S. The van der Waals surface area contributed by atoms with Gasteiger partial charge in [-0.1, -0.05) is 29.4 Å². The zero-order valence-electron chi connectivity index (χ0n) is 14.5. The van der Waals surface area contributed by atoms with Crippen LogP contribution in [0.3, 0.4) is 0 Å². The number of thioether (sulfide) groups is 1. The Bertz CT molecular complexity index is 1310. The van der Waals surface area contributed by atoms with Crippen molar-refractivity contribution in [3.63, 3.8) is 0 Å². The van der Waals surface area contributed by atoms with Crippen molar-refractivity contribution in [1.82, 2.24) is 19.7 Å². The lowest BCUT2D eigenvalue weighted by molar-refractivity contribution is 0.102. The van der Waals surface area contributed by atoms with Crippen LogP contribution < -0.4 is 5.56 Å². The number of nitrogens with one attached hydrogen (secondary N) is 1. The summed E-state index contributed by atoms with van der Waals surface area (Å²) in [7, 11) is 0. The molecule has 0 fully saturated rings. The Kier molecular flexibility index (Phi) is 5.16. The number of hydrogen-bond acceptors (Lipinski definition) is 5. The molecule has 2 aromatic heterocycles. The van der Waals surface area contributed by atoms with Gasteiger partial charge in [-0.2, -0.15) is 5.10 Å². The van der Waals surface area contributed by atoms with Crippen molar-refractivity contribution in [1.29, 1.82) is 0 Å². The van der Waals surface area contributed by atoms with Crippen LogP contribution in [-0.2, 0) is 0 Å². The number of Topliss-reactive ketones (excluding diaryl/α,β-unsaturated/α-hetero) is 1. The monoisotopic (exact) mass is 432 g/mol. The van der Waals surface area contributed by atoms with E-state index in [1.807, 2.05) is 0 Å². The van der Waals surface area contributed by atoms with Crippen LogP contribution in [0.4, 0.5) is 8.78 Å². The van der Waals surface area contributed by atoms with Gasteiger partial charge in [0.05, 0.1) is 17.6 Å². The summed E-state index contributed by atoms with van der Waals surface area (Å²) in [5, 5.41) is 5.17. The minimum absolute atomic E-state index is 0.0313. The molecule has 0 unspecified atom stereocenters. The average Bonchev–Trinajstić information content (AvgIpc) is 3.13. The molecule has 0 aliphatic carbocycles. The van der Waals surface area contributed by atoms with E-state index in [1.165, 1.54) is 16.9 Å². The van der Waals surface area contributed by atoms with Gasteiger partial charge in [0, 0.05) is 10.6 Å². The van der Waals surface area contributed by atoms with Crippen molar-refractivity contribution in [3.8, 4) is 5.69 Å². The molecule has 10 heteroatoms. The number of nitrogens with zero attached hydrogens (tertiary/aromatic N) is 3. The Morgan fingerprint density at radius 1 is 1.17 bits per heavy atom. The van der Waals surface area contributed by atoms with Crippen molar-refractivity contribution in [3.05, 3.63) is 81.2 Å². The summed E-state index contributed by atoms with van der Waals surface area (Å²) in [6.45, 7) is 0. The molecule has 1 N–H and O–H groups in total. The van der Waals surface area contributed by atoms with E-state index in [1.54, 1.807) is 24.3 Å². The van der Waals surface area contributed by atoms with E-state index >= 15 is 0 Å². The molecule has 0 saturated heterocycles. The molecule has 2 aromatic carbocycles. The number of halogens is 3. The number of benzene rings is 2. The lowest BCUT2D eigenvalue weighted by atomic mass is 10.1. The highest BCUT2D eigenvalue weighted by Gasteiger charge is 2.15. The fraction of sp³-hybridized carbons (Fsp3) is 0.0526. The van der Waals surface area contributed by atoms with Gasteiger partial charge in [-0.05, 0) is 36.4 Å². The van der Waals surface area contributed by atoms with Crippen molar-refractivity contribution in [2.75, 3.05) is 5.75 Å². The topological polar surface area (TPSA) is 80.6 Å². The SMILES string of the molecule is O=C(CSc1nc2c(cnn2-c2cccc(Cl)c2)c(=O)[nH]1)c1ccc(F)c(F)c1. The second-order valence-electron chi connectivity index (χ2n) is 5.99. The van der Waals surface area contributed by atoms with Crippen LogP contribution in [0.25, 0.3) is 16.7 Å². The van der Waals surface area contributed by atoms with E-state index < -0.39 is 23.0 Å². The standard InChI is InChI=1S/C19H11ClF2N4O2S/c20-11-2-1-3-12(7-11)26-17-13(8-23-26)18(28)25-19(24-17)29-9-16(27)10-4-5-14(21)15(22)6-10/h1-8H,9H2,(H,24,25,28). The molecular weight excluding hydrogens is 422 g/mol. The highest BCUT2D eigenvalue weighted by molar-refractivity contribution is 7.99. The fourth-order valence-electron chi connectivity index (χ4n) is 2.65. The normalized spacial score (nSPS) is 11.1. The molecule has 0 amide bonds. The molecule has 6 nitrogen and oxygen atoms in total. The van der Waals surface area contributed by atoms with Crippen LogP contribution in [0.5, 0.6) is 0 Å². The number of carbonyl (C=O) groups is 1. The summed E-state index contributed by atoms with van der Waals surface area (Å²) >= 11 is 6.99. The second-order valence-corrected chi connectivity index (χ2v) is 7.39. The maximum Gasteiger partial charge on any atom is 0.262 e. The van der Waals surface area contributed by atoms with Crippen LogP contribution in [0.2, 0.25) is 5.02 Å². The predicted molar refractivity (Wildman–Crippen MR) is 106 cm³/mol. The van der Waals surface area contributed by atoms with E-state index in [4.69, 9.17) is 11.6 Å². The maximum atomic E-state index is 13.3. The van der Waals surface area contributed by atoms with Crippen molar-refractivity contribution < 1.29 is 13.6 Å². The number of hydrogen-bond donors (Lipinski definition) is 1. The lowest BCUT2D eigenvalue weighted by Crippen LogP contribution is -2.11. The molecule has 0 bridgehead atoms. The zero-order chi connectivity index (χ0) is 20.5. The Morgan fingerprint density at radius 2 is 2.00 bits per heavy atom. The average molecular weight is 433 g/mol. The number of rotatable bonds is 5.